The van der Waals surface area contributed by atoms with Crippen LogP contribution in [0, 0.1) is 0 Å². The minimum Gasteiger partial charge on any atom is -0.508 e. The zero-order chi connectivity index (χ0) is 15.6. The first-order valence-electron chi connectivity index (χ1n) is 7.29. The number of pyridine rings is 1. The number of hydrogen-bond acceptors (Lipinski definition) is 3. The van der Waals surface area contributed by atoms with Gasteiger partial charge in [-0.05, 0) is 35.9 Å². The lowest BCUT2D eigenvalue weighted by Gasteiger charge is -2.04. The van der Waals surface area contributed by atoms with Crippen molar-refractivity contribution < 1.29 is 5.11 Å². The fourth-order valence-corrected chi connectivity index (χ4v) is 3.45. The second-order valence-electron chi connectivity index (χ2n) is 5.24. The number of rotatable bonds is 3. The molecule has 0 aliphatic heterocycles. The fraction of sp³-hybridized carbons (Fsp3) is 0. The van der Waals surface area contributed by atoms with Gasteiger partial charge in [0.25, 0.3) is 0 Å². The van der Waals surface area contributed by atoms with Crippen molar-refractivity contribution >= 4 is 22.8 Å². The maximum absolute atomic E-state index is 9.67. The van der Waals surface area contributed by atoms with Gasteiger partial charge in [0.1, 0.15) is 11.4 Å². The Morgan fingerprint density at radius 3 is 2.61 bits per heavy atom. The van der Waals surface area contributed by atoms with Gasteiger partial charge in [-0.25, -0.2) is 4.98 Å². The van der Waals surface area contributed by atoms with Gasteiger partial charge in [-0.15, -0.1) is 0 Å². The lowest BCUT2D eigenvalue weighted by molar-refractivity contribution is 0.475. The molecular formula is C19H14N2OS. The third-order valence-electron chi connectivity index (χ3n) is 3.64. The Balaban J connectivity index is 1.77. The van der Waals surface area contributed by atoms with Crippen LogP contribution in [0.25, 0.3) is 22.2 Å². The fourth-order valence-electron chi connectivity index (χ4n) is 2.52. The van der Waals surface area contributed by atoms with Crippen LogP contribution in [-0.4, -0.2) is 15.1 Å². The number of aromatic nitrogens is 2. The molecule has 0 radical (unpaired) electrons. The van der Waals surface area contributed by atoms with Crippen molar-refractivity contribution in [1.29, 1.82) is 0 Å². The molecular weight excluding hydrogens is 304 g/mol. The van der Waals surface area contributed by atoms with Gasteiger partial charge < -0.3 is 10.1 Å². The average Bonchev–Trinajstić information content (AvgIpc) is 2.98. The summed E-state index contributed by atoms with van der Waals surface area (Å²) < 4.78 is 0. The van der Waals surface area contributed by atoms with Crippen LogP contribution in [0.4, 0.5) is 0 Å². The van der Waals surface area contributed by atoms with E-state index in [-0.39, 0.29) is 5.75 Å². The van der Waals surface area contributed by atoms with E-state index >= 15 is 0 Å². The van der Waals surface area contributed by atoms with Gasteiger partial charge in [-0.3, -0.25) is 0 Å². The molecule has 0 saturated carbocycles. The van der Waals surface area contributed by atoms with Crippen molar-refractivity contribution in [3.63, 3.8) is 0 Å². The van der Waals surface area contributed by atoms with Gasteiger partial charge in [0.15, 0.2) is 0 Å². The Kier molecular flexibility index (Phi) is 3.52. The largest absolute Gasteiger partial charge is 0.508 e. The van der Waals surface area contributed by atoms with Crippen molar-refractivity contribution in [3.8, 4) is 16.9 Å². The van der Waals surface area contributed by atoms with E-state index in [0.717, 1.165) is 27.1 Å². The maximum atomic E-state index is 9.67. The van der Waals surface area contributed by atoms with Gasteiger partial charge in [0.05, 0.1) is 0 Å². The van der Waals surface area contributed by atoms with Crippen LogP contribution in [0.2, 0.25) is 0 Å². The molecule has 2 N–H and O–H groups in total. The molecule has 0 spiro atoms. The van der Waals surface area contributed by atoms with Crippen LogP contribution >= 0.6 is 11.8 Å². The summed E-state index contributed by atoms with van der Waals surface area (Å²) in [6.07, 6.45) is 3.81. The highest BCUT2D eigenvalue weighted by atomic mass is 32.2. The maximum Gasteiger partial charge on any atom is 0.138 e. The molecule has 0 aliphatic carbocycles. The number of phenolic OH excluding ortho intramolecular Hbond substituents is 1. The summed E-state index contributed by atoms with van der Waals surface area (Å²) in [6, 6.07) is 19.6. The van der Waals surface area contributed by atoms with Crippen LogP contribution in [0.3, 0.4) is 0 Å². The van der Waals surface area contributed by atoms with E-state index in [1.807, 2.05) is 42.7 Å². The third kappa shape index (κ3) is 2.81. The number of hydrogen-bond donors (Lipinski definition) is 2. The van der Waals surface area contributed by atoms with E-state index in [1.165, 1.54) is 4.90 Å². The standard InChI is InChI=1S/C19H14N2OS/c22-15-6-4-5-13(9-15)14-10-17-18(12-21-19(17)20-11-14)23-16-7-2-1-3-8-16/h1-12,22H,(H,20,21). The Hall–Kier alpha value is -2.72. The topological polar surface area (TPSA) is 48.9 Å². The van der Waals surface area contributed by atoms with Crippen LogP contribution in [0.15, 0.2) is 82.8 Å². The molecule has 112 valence electrons. The molecule has 0 atom stereocenters. The molecule has 23 heavy (non-hydrogen) atoms. The summed E-state index contributed by atoms with van der Waals surface area (Å²) in [4.78, 5) is 10.0. The number of phenols is 1. The molecule has 3 nitrogen and oxygen atoms in total. The number of H-pyrrole nitrogens is 1. The first-order chi connectivity index (χ1) is 11.3. The SMILES string of the molecule is Oc1cccc(-c2cnc3[nH]cc(Sc4ccccc4)c3c2)c1. The van der Waals surface area contributed by atoms with E-state index in [9.17, 15) is 5.11 Å². The Bertz CT molecular complexity index is 963. The molecule has 0 aliphatic rings. The predicted molar refractivity (Wildman–Crippen MR) is 93.8 cm³/mol. The van der Waals surface area contributed by atoms with Crippen molar-refractivity contribution in [3.05, 3.63) is 73.1 Å². The number of aromatic amines is 1. The molecule has 0 amide bonds. The summed E-state index contributed by atoms with van der Waals surface area (Å²) >= 11 is 1.71. The quantitative estimate of drug-likeness (QED) is 0.553. The molecule has 0 fully saturated rings. The van der Waals surface area contributed by atoms with Gasteiger partial charge in [-0.1, -0.05) is 42.1 Å². The van der Waals surface area contributed by atoms with E-state index in [4.69, 9.17) is 0 Å². The monoisotopic (exact) mass is 318 g/mol. The highest BCUT2D eigenvalue weighted by Gasteiger charge is 2.09. The molecule has 0 saturated heterocycles. The smallest absolute Gasteiger partial charge is 0.138 e. The highest BCUT2D eigenvalue weighted by Crippen LogP contribution is 2.35. The molecule has 0 bridgehead atoms. The Morgan fingerprint density at radius 2 is 1.78 bits per heavy atom. The first-order valence-corrected chi connectivity index (χ1v) is 8.11. The van der Waals surface area contributed by atoms with E-state index in [1.54, 1.807) is 23.9 Å². The van der Waals surface area contributed by atoms with Gasteiger partial charge in [0, 0.05) is 33.1 Å². The van der Waals surface area contributed by atoms with Crippen LogP contribution in [0.1, 0.15) is 0 Å². The van der Waals surface area contributed by atoms with Crippen molar-refractivity contribution in [2.24, 2.45) is 0 Å². The van der Waals surface area contributed by atoms with Gasteiger partial charge in [0.2, 0.25) is 0 Å². The second kappa shape index (κ2) is 5.82. The first kappa shape index (κ1) is 13.9. The Morgan fingerprint density at radius 1 is 0.913 bits per heavy atom. The van der Waals surface area contributed by atoms with E-state index in [2.05, 4.69) is 28.2 Å². The predicted octanol–water partition coefficient (Wildman–Crippen LogP) is 5.09. The number of nitrogens with one attached hydrogen (secondary N) is 1. The molecule has 2 aromatic heterocycles. The number of nitrogens with zero attached hydrogens (tertiary/aromatic N) is 1. The Labute approximate surface area is 138 Å². The highest BCUT2D eigenvalue weighted by molar-refractivity contribution is 7.99. The van der Waals surface area contributed by atoms with E-state index < -0.39 is 0 Å². The lowest BCUT2D eigenvalue weighted by Crippen LogP contribution is -1.82. The third-order valence-corrected chi connectivity index (χ3v) is 4.71. The number of aromatic hydroxyl groups is 1. The van der Waals surface area contributed by atoms with Crippen LogP contribution in [0.5, 0.6) is 5.75 Å². The van der Waals surface area contributed by atoms with E-state index in [0.29, 0.717) is 0 Å². The summed E-state index contributed by atoms with van der Waals surface area (Å²) in [5.41, 5.74) is 2.81. The molecule has 0 unspecified atom stereocenters. The normalized spacial score (nSPS) is 11.0. The minimum absolute atomic E-state index is 0.260. The zero-order valence-corrected chi connectivity index (χ0v) is 13.0. The van der Waals surface area contributed by atoms with Gasteiger partial charge >= 0.3 is 0 Å². The molecule has 4 heteroatoms. The number of benzene rings is 2. The van der Waals surface area contributed by atoms with Crippen molar-refractivity contribution in [2.45, 2.75) is 9.79 Å². The van der Waals surface area contributed by atoms with Crippen molar-refractivity contribution in [2.75, 3.05) is 0 Å². The molecule has 4 aromatic rings. The molecule has 2 heterocycles. The van der Waals surface area contributed by atoms with Crippen molar-refractivity contribution in [1.82, 2.24) is 9.97 Å². The lowest BCUT2D eigenvalue weighted by atomic mass is 10.1. The van der Waals surface area contributed by atoms with Crippen LogP contribution in [-0.2, 0) is 0 Å². The molecule has 2 aromatic carbocycles. The van der Waals surface area contributed by atoms with Crippen LogP contribution < -0.4 is 0 Å². The number of fused-ring (bicyclic) bond motifs is 1. The zero-order valence-electron chi connectivity index (χ0n) is 12.2. The minimum atomic E-state index is 0.260. The molecule has 4 rings (SSSR count). The van der Waals surface area contributed by atoms with Gasteiger partial charge in [-0.2, -0.15) is 0 Å². The summed E-state index contributed by atoms with van der Waals surface area (Å²) in [7, 11) is 0. The summed E-state index contributed by atoms with van der Waals surface area (Å²) in [6.45, 7) is 0. The summed E-state index contributed by atoms with van der Waals surface area (Å²) in [5, 5.41) is 10.7. The average molecular weight is 318 g/mol. The summed E-state index contributed by atoms with van der Waals surface area (Å²) in [5.74, 6) is 0.260. The second-order valence-corrected chi connectivity index (χ2v) is 6.35.